The normalized spacial score (nSPS) is 18.3. The number of fused-ring (bicyclic) bond motifs is 1. The minimum Gasteiger partial charge on any atom is -0.317 e. The summed E-state index contributed by atoms with van der Waals surface area (Å²) in [5, 5.41) is 3.36. The zero-order valence-electron chi connectivity index (χ0n) is 12.8. The number of benzene rings is 2. The van der Waals surface area contributed by atoms with Crippen LogP contribution in [0.4, 0.5) is 5.69 Å². The van der Waals surface area contributed by atoms with E-state index in [-0.39, 0.29) is 11.8 Å². The van der Waals surface area contributed by atoms with E-state index in [1.165, 1.54) is 10.5 Å². The standard InChI is InChI=1S/C19H18N2O2/c22-18-16-3-1-2-4-17(16)19(23)21(18)15-7-5-13(6-8-15)14-9-11-20-12-10-14/h1-8,14,20H,9-12H2. The number of piperidine rings is 1. The van der Waals surface area contributed by atoms with Gasteiger partial charge in [-0.2, -0.15) is 0 Å². The van der Waals surface area contributed by atoms with Gasteiger partial charge in [-0.15, -0.1) is 0 Å². The smallest absolute Gasteiger partial charge is 0.266 e. The Bertz CT molecular complexity index is 726. The Labute approximate surface area is 135 Å². The van der Waals surface area contributed by atoms with Crippen molar-refractivity contribution in [1.82, 2.24) is 5.32 Å². The molecule has 2 heterocycles. The molecular weight excluding hydrogens is 288 g/mol. The van der Waals surface area contributed by atoms with Crippen LogP contribution in [0.3, 0.4) is 0 Å². The van der Waals surface area contributed by atoms with E-state index in [4.69, 9.17) is 0 Å². The predicted octanol–water partition coefficient (Wildman–Crippen LogP) is 2.95. The van der Waals surface area contributed by atoms with Crippen LogP contribution < -0.4 is 10.2 Å². The molecule has 4 heteroatoms. The van der Waals surface area contributed by atoms with Gasteiger partial charge in [0.25, 0.3) is 11.8 Å². The molecule has 2 aromatic carbocycles. The zero-order valence-corrected chi connectivity index (χ0v) is 12.8. The molecule has 0 radical (unpaired) electrons. The maximum absolute atomic E-state index is 12.5. The average molecular weight is 306 g/mol. The second-order valence-corrected chi connectivity index (χ2v) is 6.11. The quantitative estimate of drug-likeness (QED) is 0.868. The van der Waals surface area contributed by atoms with E-state index >= 15 is 0 Å². The lowest BCUT2D eigenvalue weighted by Gasteiger charge is -2.23. The van der Waals surface area contributed by atoms with Gasteiger partial charge in [0.15, 0.2) is 0 Å². The van der Waals surface area contributed by atoms with Crippen molar-refractivity contribution in [3.8, 4) is 0 Å². The van der Waals surface area contributed by atoms with Crippen LogP contribution in [0, 0.1) is 0 Å². The summed E-state index contributed by atoms with van der Waals surface area (Å²) in [6.45, 7) is 2.09. The molecule has 0 bridgehead atoms. The van der Waals surface area contributed by atoms with Gasteiger partial charge >= 0.3 is 0 Å². The van der Waals surface area contributed by atoms with Gasteiger partial charge in [0.1, 0.15) is 0 Å². The molecule has 0 saturated carbocycles. The maximum atomic E-state index is 12.5. The summed E-state index contributed by atoms with van der Waals surface area (Å²) in [6.07, 6.45) is 2.26. The maximum Gasteiger partial charge on any atom is 0.266 e. The van der Waals surface area contributed by atoms with Gasteiger partial charge < -0.3 is 5.32 Å². The number of anilines is 1. The predicted molar refractivity (Wildman–Crippen MR) is 88.9 cm³/mol. The second kappa shape index (κ2) is 5.63. The fraction of sp³-hybridized carbons (Fsp3) is 0.263. The number of nitrogens with one attached hydrogen (secondary N) is 1. The molecule has 4 nitrogen and oxygen atoms in total. The van der Waals surface area contributed by atoms with Gasteiger partial charge in [-0.05, 0) is 61.7 Å². The molecule has 2 aliphatic rings. The number of amides is 2. The summed E-state index contributed by atoms with van der Waals surface area (Å²) in [4.78, 5) is 26.3. The highest BCUT2D eigenvalue weighted by molar-refractivity contribution is 6.34. The van der Waals surface area contributed by atoms with Gasteiger partial charge in [-0.25, -0.2) is 4.90 Å². The van der Waals surface area contributed by atoms with Crippen LogP contribution in [-0.2, 0) is 0 Å². The van der Waals surface area contributed by atoms with Gasteiger partial charge in [-0.3, -0.25) is 9.59 Å². The number of carbonyl (C=O) groups excluding carboxylic acids is 2. The van der Waals surface area contributed by atoms with E-state index < -0.39 is 0 Å². The molecule has 0 unspecified atom stereocenters. The molecule has 116 valence electrons. The number of hydrogen-bond donors (Lipinski definition) is 1. The summed E-state index contributed by atoms with van der Waals surface area (Å²) >= 11 is 0. The van der Waals surface area contributed by atoms with Gasteiger partial charge in [-0.1, -0.05) is 24.3 Å². The highest BCUT2D eigenvalue weighted by Gasteiger charge is 2.36. The van der Waals surface area contributed by atoms with Crippen LogP contribution in [0.5, 0.6) is 0 Å². The van der Waals surface area contributed by atoms with Gasteiger partial charge in [0, 0.05) is 0 Å². The lowest BCUT2D eigenvalue weighted by Crippen LogP contribution is -2.29. The molecule has 2 amide bonds. The highest BCUT2D eigenvalue weighted by Crippen LogP contribution is 2.31. The van der Waals surface area contributed by atoms with E-state index in [2.05, 4.69) is 17.4 Å². The first-order valence-corrected chi connectivity index (χ1v) is 8.04. The van der Waals surface area contributed by atoms with Crippen molar-refractivity contribution in [1.29, 1.82) is 0 Å². The number of hydrogen-bond acceptors (Lipinski definition) is 3. The first-order valence-electron chi connectivity index (χ1n) is 8.04. The lowest BCUT2D eigenvalue weighted by atomic mass is 9.90. The third-order valence-electron chi connectivity index (χ3n) is 4.76. The van der Waals surface area contributed by atoms with Crippen LogP contribution in [0.25, 0.3) is 0 Å². The van der Waals surface area contributed by atoms with Crippen molar-refractivity contribution in [2.24, 2.45) is 0 Å². The first kappa shape index (κ1) is 14.2. The molecule has 0 atom stereocenters. The van der Waals surface area contributed by atoms with Crippen LogP contribution in [0.1, 0.15) is 45.0 Å². The van der Waals surface area contributed by atoms with Crippen molar-refractivity contribution in [3.63, 3.8) is 0 Å². The van der Waals surface area contributed by atoms with E-state index in [9.17, 15) is 9.59 Å². The van der Waals surface area contributed by atoms with Crippen LogP contribution in [0.2, 0.25) is 0 Å². The lowest BCUT2D eigenvalue weighted by molar-refractivity contribution is 0.0926. The largest absolute Gasteiger partial charge is 0.317 e. The summed E-state index contributed by atoms with van der Waals surface area (Å²) < 4.78 is 0. The molecular formula is C19H18N2O2. The molecule has 1 fully saturated rings. The summed E-state index contributed by atoms with van der Waals surface area (Å²) in [7, 11) is 0. The van der Waals surface area contributed by atoms with Gasteiger partial charge in [0.2, 0.25) is 0 Å². The number of rotatable bonds is 2. The minimum absolute atomic E-state index is 0.236. The molecule has 4 rings (SSSR count). The van der Waals surface area contributed by atoms with Crippen LogP contribution in [0.15, 0.2) is 48.5 Å². The highest BCUT2D eigenvalue weighted by atomic mass is 16.2. The van der Waals surface area contributed by atoms with E-state index in [0.717, 1.165) is 25.9 Å². The molecule has 0 aliphatic carbocycles. The van der Waals surface area contributed by atoms with Crippen molar-refractivity contribution >= 4 is 17.5 Å². The Morgan fingerprint density at radius 1 is 0.826 bits per heavy atom. The van der Waals surface area contributed by atoms with E-state index in [1.807, 2.05) is 12.1 Å². The Kier molecular flexibility index (Phi) is 3.46. The Hall–Kier alpha value is -2.46. The fourth-order valence-corrected chi connectivity index (χ4v) is 3.47. The average Bonchev–Trinajstić information content (AvgIpc) is 2.87. The Morgan fingerprint density at radius 2 is 1.39 bits per heavy atom. The monoisotopic (exact) mass is 306 g/mol. The third kappa shape index (κ3) is 2.35. The van der Waals surface area contributed by atoms with Crippen LogP contribution in [-0.4, -0.2) is 24.9 Å². The minimum atomic E-state index is -0.236. The summed E-state index contributed by atoms with van der Waals surface area (Å²) in [5.41, 5.74) is 2.90. The summed E-state index contributed by atoms with van der Waals surface area (Å²) in [5.74, 6) is 0.0907. The molecule has 2 aliphatic heterocycles. The van der Waals surface area contributed by atoms with Crippen molar-refractivity contribution in [3.05, 3.63) is 65.2 Å². The number of nitrogens with zero attached hydrogens (tertiary/aromatic N) is 1. The zero-order chi connectivity index (χ0) is 15.8. The topological polar surface area (TPSA) is 49.4 Å². The van der Waals surface area contributed by atoms with Crippen molar-refractivity contribution in [2.45, 2.75) is 18.8 Å². The molecule has 23 heavy (non-hydrogen) atoms. The first-order chi connectivity index (χ1) is 11.3. The number of carbonyl (C=O) groups is 2. The molecule has 0 spiro atoms. The van der Waals surface area contributed by atoms with Gasteiger partial charge in [0.05, 0.1) is 16.8 Å². The molecule has 1 saturated heterocycles. The van der Waals surface area contributed by atoms with Crippen molar-refractivity contribution < 1.29 is 9.59 Å². The Balaban J connectivity index is 1.62. The van der Waals surface area contributed by atoms with Crippen LogP contribution >= 0.6 is 0 Å². The van der Waals surface area contributed by atoms with E-state index in [0.29, 0.717) is 22.7 Å². The van der Waals surface area contributed by atoms with Crippen molar-refractivity contribution in [2.75, 3.05) is 18.0 Å². The summed E-state index contributed by atoms with van der Waals surface area (Å²) in [6, 6.07) is 14.9. The molecule has 0 aromatic heterocycles. The third-order valence-corrected chi connectivity index (χ3v) is 4.76. The molecule has 2 aromatic rings. The SMILES string of the molecule is O=C1c2ccccc2C(=O)N1c1ccc(C2CCNCC2)cc1. The molecule has 1 N–H and O–H groups in total. The van der Waals surface area contributed by atoms with E-state index in [1.54, 1.807) is 24.3 Å². The number of imide groups is 1. The Morgan fingerprint density at radius 3 is 1.96 bits per heavy atom. The fourth-order valence-electron chi connectivity index (χ4n) is 3.47. The second-order valence-electron chi connectivity index (χ2n) is 6.11.